The number of nitrogens with zero attached hydrogens (tertiary/aromatic N) is 2. The molecule has 0 atom stereocenters. The van der Waals surface area contributed by atoms with E-state index < -0.39 is 27.0 Å². The van der Waals surface area contributed by atoms with E-state index in [1.54, 1.807) is 49.9 Å². The van der Waals surface area contributed by atoms with Crippen LogP contribution in [0.3, 0.4) is 0 Å². The van der Waals surface area contributed by atoms with Gasteiger partial charge < -0.3 is 9.30 Å². The number of carbonyl (C=O) groups is 2. The molecular formula is C22H24N2O5S3. The minimum absolute atomic E-state index is 0.0999. The Balaban J connectivity index is 2.10. The molecule has 7 nitrogen and oxygen atoms in total. The summed E-state index contributed by atoms with van der Waals surface area (Å²) in [6.07, 6.45) is 1.99. The van der Waals surface area contributed by atoms with Crippen LogP contribution < -0.4 is 4.80 Å². The highest BCUT2D eigenvalue weighted by atomic mass is 32.2. The van der Waals surface area contributed by atoms with Gasteiger partial charge in [0.05, 0.1) is 33.0 Å². The zero-order chi connectivity index (χ0) is 23.5. The summed E-state index contributed by atoms with van der Waals surface area (Å²) < 4.78 is 32.5. The second-order valence-corrected chi connectivity index (χ2v) is 11.7. The molecular weight excluding hydrogens is 468 g/mol. The van der Waals surface area contributed by atoms with Crippen LogP contribution in [-0.4, -0.2) is 49.2 Å². The first-order chi connectivity index (χ1) is 15.2. The number of ether oxygens (including phenoxy) is 1. The summed E-state index contributed by atoms with van der Waals surface area (Å²) in [7, 11) is -2.18. The number of sulfone groups is 1. The van der Waals surface area contributed by atoms with E-state index in [1.807, 2.05) is 16.9 Å². The summed E-state index contributed by atoms with van der Waals surface area (Å²) in [6, 6.07) is 11.2. The van der Waals surface area contributed by atoms with Gasteiger partial charge in [0.1, 0.15) is 0 Å². The van der Waals surface area contributed by atoms with Gasteiger partial charge in [-0.25, -0.2) is 13.2 Å². The zero-order valence-electron chi connectivity index (χ0n) is 18.2. The lowest BCUT2D eigenvalue weighted by atomic mass is 10.2. The Hall–Kier alpha value is -2.43. The number of carbonyl (C=O) groups excluding carboxylic acids is 2. The fraction of sp³-hybridized carbons (Fsp3) is 0.318. The second kappa shape index (κ2) is 10.0. The van der Waals surface area contributed by atoms with Gasteiger partial charge in [-0.05, 0) is 56.5 Å². The largest absolute Gasteiger partial charge is 0.465 e. The predicted molar refractivity (Wildman–Crippen MR) is 128 cm³/mol. The van der Waals surface area contributed by atoms with E-state index >= 15 is 0 Å². The third-order valence-corrected chi connectivity index (χ3v) is 8.63. The Morgan fingerprint density at radius 1 is 1.16 bits per heavy atom. The molecule has 1 aromatic heterocycles. The highest BCUT2D eigenvalue weighted by molar-refractivity contribution is 7.98. The minimum Gasteiger partial charge on any atom is -0.465 e. The number of thioether (sulfide) groups is 1. The minimum atomic E-state index is -3.50. The first kappa shape index (κ1) is 24.2. The Kier molecular flexibility index (Phi) is 7.58. The number of aromatic nitrogens is 1. The summed E-state index contributed by atoms with van der Waals surface area (Å²) in [6.45, 7) is 3.83. The van der Waals surface area contributed by atoms with E-state index in [0.717, 1.165) is 16.0 Å². The van der Waals surface area contributed by atoms with Crippen LogP contribution in [0.1, 0.15) is 34.6 Å². The molecule has 0 N–H and O–H groups in total. The van der Waals surface area contributed by atoms with Crippen LogP contribution in [0.4, 0.5) is 0 Å². The number of hydrogen-bond donors (Lipinski definition) is 0. The van der Waals surface area contributed by atoms with Gasteiger partial charge in [0.15, 0.2) is 14.6 Å². The molecule has 1 amide bonds. The normalized spacial score (nSPS) is 12.5. The van der Waals surface area contributed by atoms with Crippen molar-refractivity contribution in [3.63, 3.8) is 0 Å². The van der Waals surface area contributed by atoms with Crippen molar-refractivity contribution in [3.05, 3.63) is 58.4 Å². The third-order valence-electron chi connectivity index (χ3n) is 4.85. The molecule has 32 heavy (non-hydrogen) atoms. The molecule has 2 aromatic carbocycles. The molecule has 0 fully saturated rings. The Labute approximate surface area is 195 Å². The van der Waals surface area contributed by atoms with Crippen molar-refractivity contribution in [2.24, 2.45) is 4.99 Å². The van der Waals surface area contributed by atoms with Gasteiger partial charge in [-0.1, -0.05) is 17.4 Å². The summed E-state index contributed by atoms with van der Waals surface area (Å²) in [5.41, 5.74) is 1.48. The van der Waals surface area contributed by atoms with Crippen molar-refractivity contribution < 1.29 is 22.7 Å². The summed E-state index contributed by atoms with van der Waals surface area (Å²) in [4.78, 5) is 29.7. The molecule has 0 unspecified atom stereocenters. The van der Waals surface area contributed by atoms with E-state index in [0.29, 0.717) is 16.9 Å². The van der Waals surface area contributed by atoms with Crippen LogP contribution in [0.2, 0.25) is 0 Å². The molecule has 0 saturated heterocycles. The maximum atomic E-state index is 12.9. The lowest BCUT2D eigenvalue weighted by molar-refractivity contribution is 0.0600. The van der Waals surface area contributed by atoms with Crippen LogP contribution in [0.25, 0.3) is 10.2 Å². The molecule has 3 rings (SSSR count). The number of methoxy groups -OCH3 is 1. The lowest BCUT2D eigenvalue weighted by Gasteiger charge is -2.08. The summed E-state index contributed by atoms with van der Waals surface area (Å²) >= 11 is 2.96. The first-order valence-electron chi connectivity index (χ1n) is 9.82. The summed E-state index contributed by atoms with van der Waals surface area (Å²) in [5, 5.41) is -0.593. The van der Waals surface area contributed by atoms with E-state index in [-0.39, 0.29) is 10.5 Å². The third kappa shape index (κ3) is 4.97. The standard InChI is InChI=1S/C22H24N2O5S3/c1-14(2)32(27,28)17-7-5-6-15(12-17)20(25)23-22-24(10-11-30-4)18-9-8-16(21(26)29-3)13-19(18)31-22/h5-9,12-14H,10-11H2,1-4H3. The molecule has 0 spiro atoms. The van der Waals surface area contributed by atoms with E-state index in [1.165, 1.54) is 30.6 Å². The van der Waals surface area contributed by atoms with Crippen molar-refractivity contribution in [1.82, 2.24) is 4.57 Å². The Morgan fingerprint density at radius 3 is 2.56 bits per heavy atom. The van der Waals surface area contributed by atoms with Gasteiger partial charge >= 0.3 is 5.97 Å². The van der Waals surface area contributed by atoms with Crippen LogP contribution >= 0.6 is 23.1 Å². The van der Waals surface area contributed by atoms with Crippen LogP contribution in [0.5, 0.6) is 0 Å². The van der Waals surface area contributed by atoms with Crippen LogP contribution in [-0.2, 0) is 21.1 Å². The number of thiazole rings is 1. The average Bonchev–Trinajstić information content (AvgIpc) is 3.12. The number of aryl methyl sites for hydroxylation is 1. The zero-order valence-corrected chi connectivity index (χ0v) is 20.6. The van der Waals surface area contributed by atoms with Gasteiger partial charge in [-0.15, -0.1) is 0 Å². The monoisotopic (exact) mass is 492 g/mol. The topological polar surface area (TPSA) is 94.8 Å². The molecule has 10 heteroatoms. The molecule has 3 aromatic rings. The molecule has 0 aliphatic heterocycles. The van der Waals surface area contributed by atoms with Gasteiger partial charge in [0.2, 0.25) is 0 Å². The van der Waals surface area contributed by atoms with Gasteiger partial charge in [-0.3, -0.25) is 4.79 Å². The molecule has 0 aliphatic rings. The smallest absolute Gasteiger partial charge is 0.337 e. The fourth-order valence-electron chi connectivity index (χ4n) is 3.03. The molecule has 0 aliphatic carbocycles. The van der Waals surface area contributed by atoms with Crippen molar-refractivity contribution >= 4 is 55.0 Å². The van der Waals surface area contributed by atoms with Gasteiger partial charge in [0, 0.05) is 17.9 Å². The highest BCUT2D eigenvalue weighted by Gasteiger charge is 2.20. The SMILES string of the molecule is COC(=O)c1ccc2c(c1)sc(=NC(=O)c1cccc(S(=O)(=O)C(C)C)c1)n2CCSC. The van der Waals surface area contributed by atoms with Crippen molar-refractivity contribution in [3.8, 4) is 0 Å². The Bertz CT molecular complexity index is 1340. The van der Waals surface area contributed by atoms with Crippen molar-refractivity contribution in [2.45, 2.75) is 30.5 Å². The van der Waals surface area contributed by atoms with E-state index in [2.05, 4.69) is 4.99 Å². The maximum absolute atomic E-state index is 12.9. The quantitative estimate of drug-likeness (QED) is 0.466. The van der Waals surface area contributed by atoms with Crippen LogP contribution in [0.15, 0.2) is 52.4 Å². The number of rotatable bonds is 7. The highest BCUT2D eigenvalue weighted by Crippen LogP contribution is 2.21. The van der Waals surface area contributed by atoms with Crippen molar-refractivity contribution in [1.29, 1.82) is 0 Å². The molecule has 0 bridgehead atoms. The molecule has 0 saturated carbocycles. The predicted octanol–water partition coefficient (Wildman–Crippen LogP) is 3.78. The first-order valence-corrected chi connectivity index (χ1v) is 13.6. The van der Waals surface area contributed by atoms with E-state index in [9.17, 15) is 18.0 Å². The van der Waals surface area contributed by atoms with Crippen LogP contribution in [0, 0.1) is 0 Å². The average molecular weight is 493 g/mol. The van der Waals surface area contributed by atoms with Gasteiger partial charge in [0.25, 0.3) is 5.91 Å². The number of hydrogen-bond acceptors (Lipinski definition) is 7. The second-order valence-electron chi connectivity index (χ2n) is 7.24. The lowest BCUT2D eigenvalue weighted by Crippen LogP contribution is -2.18. The molecule has 1 heterocycles. The fourth-order valence-corrected chi connectivity index (χ4v) is 5.59. The summed E-state index contributed by atoms with van der Waals surface area (Å²) in [5.74, 6) is -0.147. The Morgan fingerprint density at radius 2 is 1.91 bits per heavy atom. The molecule has 0 radical (unpaired) electrons. The van der Waals surface area contributed by atoms with Gasteiger partial charge in [-0.2, -0.15) is 16.8 Å². The van der Waals surface area contributed by atoms with E-state index in [4.69, 9.17) is 4.74 Å². The number of fused-ring (bicyclic) bond motifs is 1. The maximum Gasteiger partial charge on any atom is 0.337 e. The van der Waals surface area contributed by atoms with Crippen molar-refractivity contribution in [2.75, 3.05) is 19.1 Å². The molecule has 170 valence electrons. The number of amides is 1. The number of benzene rings is 2. The number of esters is 1.